The molecule has 2 aromatic rings. The predicted molar refractivity (Wildman–Crippen MR) is 77.5 cm³/mol. The first kappa shape index (κ1) is 13.3. The van der Waals surface area contributed by atoms with Crippen molar-refractivity contribution in [3.05, 3.63) is 65.2 Å². The molecular formula is C16H14N2O3. The molecule has 0 saturated heterocycles. The molecule has 0 unspecified atom stereocenters. The molecule has 1 heterocycles. The second-order valence-corrected chi connectivity index (χ2v) is 4.77. The molecule has 0 aromatic heterocycles. The van der Waals surface area contributed by atoms with Gasteiger partial charge in [-0.15, -0.1) is 0 Å². The second-order valence-electron chi connectivity index (χ2n) is 4.77. The van der Waals surface area contributed by atoms with Gasteiger partial charge < -0.3 is 10.5 Å². The van der Waals surface area contributed by atoms with Crippen LogP contribution in [-0.2, 0) is 11.3 Å². The molecule has 0 atom stereocenters. The van der Waals surface area contributed by atoms with Crippen molar-refractivity contribution in [3.8, 4) is 0 Å². The number of nitrogens with two attached hydrogens (primary N) is 1. The van der Waals surface area contributed by atoms with Crippen molar-refractivity contribution in [1.29, 1.82) is 0 Å². The summed E-state index contributed by atoms with van der Waals surface area (Å²) in [4.78, 5) is 25.5. The predicted octanol–water partition coefficient (Wildman–Crippen LogP) is 2.04. The Hall–Kier alpha value is -2.66. The van der Waals surface area contributed by atoms with Crippen molar-refractivity contribution in [2.24, 2.45) is 0 Å². The van der Waals surface area contributed by atoms with Gasteiger partial charge >= 0.3 is 0 Å². The van der Waals surface area contributed by atoms with Gasteiger partial charge in [0, 0.05) is 5.69 Å². The van der Waals surface area contributed by atoms with E-state index >= 15 is 0 Å². The van der Waals surface area contributed by atoms with Crippen LogP contribution in [0.1, 0.15) is 26.3 Å². The molecule has 5 heteroatoms. The third-order valence-corrected chi connectivity index (χ3v) is 3.36. The summed E-state index contributed by atoms with van der Waals surface area (Å²) in [5.74, 6) is -0.767. The zero-order valence-electron chi connectivity index (χ0n) is 11.3. The van der Waals surface area contributed by atoms with Gasteiger partial charge in [0.25, 0.3) is 11.8 Å². The number of nitrogens with zero attached hydrogens (tertiary/aromatic N) is 1. The van der Waals surface area contributed by atoms with E-state index in [0.717, 1.165) is 10.5 Å². The van der Waals surface area contributed by atoms with Crippen LogP contribution in [0, 0.1) is 0 Å². The molecule has 0 bridgehead atoms. The van der Waals surface area contributed by atoms with E-state index in [0.29, 0.717) is 17.9 Å². The average Bonchev–Trinajstić information content (AvgIpc) is 2.74. The first-order chi connectivity index (χ1) is 10.2. The van der Waals surface area contributed by atoms with Gasteiger partial charge in [0.1, 0.15) is 6.73 Å². The minimum atomic E-state index is -0.402. The van der Waals surface area contributed by atoms with Crippen LogP contribution in [0.5, 0.6) is 0 Å². The highest BCUT2D eigenvalue weighted by Gasteiger charge is 2.36. The Morgan fingerprint density at radius 3 is 2.43 bits per heavy atom. The lowest BCUT2D eigenvalue weighted by molar-refractivity contribution is 0.0206. The van der Waals surface area contributed by atoms with Crippen molar-refractivity contribution in [2.45, 2.75) is 6.61 Å². The number of anilines is 1. The van der Waals surface area contributed by atoms with Crippen molar-refractivity contribution in [1.82, 2.24) is 4.90 Å². The Bertz CT molecular complexity index is 698. The molecule has 0 spiro atoms. The summed E-state index contributed by atoms with van der Waals surface area (Å²) in [7, 11) is 0. The maximum atomic E-state index is 12.2. The van der Waals surface area contributed by atoms with Gasteiger partial charge in [-0.05, 0) is 17.7 Å². The van der Waals surface area contributed by atoms with Gasteiger partial charge in [0.15, 0.2) is 0 Å². The molecule has 5 nitrogen and oxygen atoms in total. The van der Waals surface area contributed by atoms with Gasteiger partial charge in [-0.1, -0.05) is 36.4 Å². The van der Waals surface area contributed by atoms with Crippen molar-refractivity contribution in [2.75, 3.05) is 12.5 Å². The number of rotatable bonds is 4. The summed E-state index contributed by atoms with van der Waals surface area (Å²) >= 11 is 0. The number of hydrogen-bond donors (Lipinski definition) is 1. The molecule has 106 valence electrons. The van der Waals surface area contributed by atoms with Crippen LogP contribution in [-0.4, -0.2) is 23.4 Å². The maximum absolute atomic E-state index is 12.2. The number of benzene rings is 2. The van der Waals surface area contributed by atoms with Crippen LogP contribution in [0.4, 0.5) is 5.69 Å². The molecule has 1 aliphatic heterocycles. The number of carbonyl (C=O) groups is 2. The maximum Gasteiger partial charge on any atom is 0.265 e. The van der Waals surface area contributed by atoms with E-state index in [2.05, 4.69) is 0 Å². The van der Waals surface area contributed by atoms with Crippen LogP contribution < -0.4 is 5.73 Å². The number of fused-ring (bicyclic) bond motifs is 1. The zero-order chi connectivity index (χ0) is 14.8. The Kier molecular flexibility index (Phi) is 3.41. The molecule has 3 rings (SSSR count). The number of carbonyl (C=O) groups excluding carboxylic acids is 2. The Morgan fingerprint density at radius 2 is 1.71 bits per heavy atom. The summed E-state index contributed by atoms with van der Waals surface area (Å²) in [6, 6.07) is 14.4. The molecule has 0 radical (unpaired) electrons. The van der Waals surface area contributed by atoms with E-state index in [-0.39, 0.29) is 18.2 Å². The Balaban J connectivity index is 1.70. The van der Waals surface area contributed by atoms with E-state index in [9.17, 15) is 9.59 Å². The number of hydrogen-bond acceptors (Lipinski definition) is 4. The van der Waals surface area contributed by atoms with Gasteiger partial charge in [-0.3, -0.25) is 9.59 Å². The van der Waals surface area contributed by atoms with E-state index in [1.807, 2.05) is 30.3 Å². The van der Waals surface area contributed by atoms with E-state index in [1.54, 1.807) is 18.2 Å². The van der Waals surface area contributed by atoms with Gasteiger partial charge in [-0.25, -0.2) is 4.90 Å². The molecule has 2 amide bonds. The summed E-state index contributed by atoms with van der Waals surface area (Å²) in [6.45, 7) is 0.254. The number of imide groups is 1. The third-order valence-electron chi connectivity index (χ3n) is 3.36. The second kappa shape index (κ2) is 5.38. The summed E-state index contributed by atoms with van der Waals surface area (Å²) in [6.07, 6.45) is 0. The average molecular weight is 282 g/mol. The zero-order valence-corrected chi connectivity index (χ0v) is 11.3. The van der Waals surface area contributed by atoms with Gasteiger partial charge in [-0.2, -0.15) is 0 Å². The lowest BCUT2D eigenvalue weighted by Crippen LogP contribution is -2.32. The lowest BCUT2D eigenvalue weighted by Gasteiger charge is -2.14. The van der Waals surface area contributed by atoms with Crippen LogP contribution in [0.3, 0.4) is 0 Å². The molecule has 0 fully saturated rings. The van der Waals surface area contributed by atoms with E-state index in [1.165, 1.54) is 0 Å². The first-order valence-corrected chi connectivity index (χ1v) is 6.55. The third kappa shape index (κ3) is 2.39. The largest absolute Gasteiger partial charge is 0.398 e. The molecule has 2 aromatic carbocycles. The van der Waals surface area contributed by atoms with Gasteiger partial charge in [0.2, 0.25) is 0 Å². The Morgan fingerprint density at radius 1 is 0.952 bits per heavy atom. The van der Waals surface area contributed by atoms with Crippen LogP contribution in [0.25, 0.3) is 0 Å². The van der Waals surface area contributed by atoms with E-state index in [4.69, 9.17) is 10.5 Å². The highest BCUT2D eigenvalue weighted by Crippen LogP contribution is 2.27. The standard InChI is InChI=1S/C16H14N2O3/c17-13-8-4-7-12-14(13)16(20)18(15(12)19)10-21-9-11-5-2-1-3-6-11/h1-8H,9-10,17H2. The number of amides is 2. The number of nitrogen functional groups attached to an aromatic ring is 1. The molecule has 0 saturated carbocycles. The highest BCUT2D eigenvalue weighted by molar-refractivity contribution is 6.23. The summed E-state index contributed by atoms with van der Waals surface area (Å²) in [5, 5.41) is 0. The highest BCUT2D eigenvalue weighted by atomic mass is 16.5. The van der Waals surface area contributed by atoms with Crippen molar-refractivity contribution in [3.63, 3.8) is 0 Å². The normalized spacial score (nSPS) is 13.6. The minimum Gasteiger partial charge on any atom is -0.398 e. The monoisotopic (exact) mass is 282 g/mol. The van der Waals surface area contributed by atoms with Crippen LogP contribution in [0.15, 0.2) is 48.5 Å². The van der Waals surface area contributed by atoms with E-state index < -0.39 is 5.91 Å². The molecule has 1 aliphatic rings. The summed E-state index contributed by atoms with van der Waals surface area (Å²) < 4.78 is 5.46. The lowest BCUT2D eigenvalue weighted by atomic mass is 10.1. The van der Waals surface area contributed by atoms with Gasteiger partial charge in [0.05, 0.1) is 17.7 Å². The fourth-order valence-corrected chi connectivity index (χ4v) is 2.31. The first-order valence-electron chi connectivity index (χ1n) is 6.55. The number of ether oxygens (including phenoxy) is 1. The smallest absolute Gasteiger partial charge is 0.265 e. The van der Waals surface area contributed by atoms with Crippen LogP contribution >= 0.6 is 0 Å². The molecule has 21 heavy (non-hydrogen) atoms. The fourth-order valence-electron chi connectivity index (χ4n) is 2.31. The molecule has 0 aliphatic carbocycles. The fraction of sp³-hybridized carbons (Fsp3) is 0.125. The van der Waals surface area contributed by atoms with Crippen LogP contribution in [0.2, 0.25) is 0 Å². The van der Waals surface area contributed by atoms with Crippen molar-refractivity contribution < 1.29 is 14.3 Å². The quantitative estimate of drug-likeness (QED) is 0.688. The minimum absolute atomic E-state index is 0.0827. The molecular weight excluding hydrogens is 268 g/mol. The van der Waals surface area contributed by atoms with Crippen molar-refractivity contribution >= 4 is 17.5 Å². The molecule has 2 N–H and O–H groups in total. The Labute approximate surface area is 121 Å². The SMILES string of the molecule is Nc1cccc2c1C(=O)N(COCc1ccccc1)C2=O. The topological polar surface area (TPSA) is 72.6 Å². The summed E-state index contributed by atoms with van der Waals surface area (Å²) in [5.41, 5.74) is 7.67.